The molecule has 0 saturated heterocycles. The van der Waals surface area contributed by atoms with E-state index in [2.05, 4.69) is 100 Å². The third-order valence-electron chi connectivity index (χ3n) is 7.64. The molecule has 0 N–H and O–H groups in total. The molecule has 0 aromatic carbocycles. The van der Waals surface area contributed by atoms with Crippen LogP contribution in [0.25, 0.3) is 0 Å². The molecule has 0 amide bonds. The summed E-state index contributed by atoms with van der Waals surface area (Å²) in [5, 5.41) is 0. The molecule has 4 bridgehead atoms. The maximum atomic E-state index is 3.72. The second-order valence-corrected chi connectivity index (χ2v) is 12.9. The van der Waals surface area contributed by atoms with Gasteiger partial charge < -0.3 is 0 Å². The summed E-state index contributed by atoms with van der Waals surface area (Å²) in [4.78, 5) is 1.14. The highest BCUT2D eigenvalue weighted by atomic mass is 79.9. The summed E-state index contributed by atoms with van der Waals surface area (Å²) in [6.07, 6.45) is 20.1. The van der Waals surface area contributed by atoms with Gasteiger partial charge in [-0.3, -0.25) is 0 Å². The molecule has 2 saturated carbocycles. The van der Waals surface area contributed by atoms with E-state index in [0.717, 1.165) is 47.3 Å². The summed E-state index contributed by atoms with van der Waals surface area (Å²) in [6.45, 7) is 0. The van der Waals surface area contributed by atoms with Crippen molar-refractivity contribution in [1.29, 1.82) is 0 Å². The first-order valence-electron chi connectivity index (χ1n) is 9.90. The number of rotatable bonds is 0. The highest BCUT2D eigenvalue weighted by Crippen LogP contribution is 2.55. The van der Waals surface area contributed by atoms with Crippen LogP contribution < -0.4 is 0 Å². The Hall–Kier alpha value is 0.880. The highest BCUT2D eigenvalue weighted by molar-refractivity contribution is 9.14. The molecule has 6 rings (SSSR count). The van der Waals surface area contributed by atoms with Gasteiger partial charge in [-0.25, -0.2) is 0 Å². The number of hydrogen-bond donors (Lipinski definition) is 0. The number of fused-ring (bicyclic) bond motifs is 10. The van der Waals surface area contributed by atoms with E-state index >= 15 is 0 Å². The first-order chi connectivity index (χ1) is 12.5. The molecule has 0 nitrogen and oxygen atoms in total. The highest BCUT2D eigenvalue weighted by Gasteiger charge is 2.47. The van der Waals surface area contributed by atoms with E-state index in [1.165, 1.54) is 34.6 Å². The molecule has 0 heterocycles. The van der Waals surface area contributed by atoms with Crippen molar-refractivity contribution in [3.05, 3.63) is 45.4 Å². The zero-order valence-electron chi connectivity index (χ0n) is 14.6. The van der Waals surface area contributed by atoms with Crippen LogP contribution in [0.15, 0.2) is 45.4 Å². The van der Waals surface area contributed by atoms with Crippen molar-refractivity contribution in [2.45, 2.75) is 35.3 Å². The lowest BCUT2D eigenvalue weighted by atomic mass is 9.77. The van der Waals surface area contributed by atoms with Gasteiger partial charge in [-0.2, -0.15) is 0 Å². The second-order valence-electron chi connectivity index (χ2n) is 8.89. The zero-order chi connectivity index (χ0) is 18.0. The van der Waals surface area contributed by atoms with Gasteiger partial charge in [0.05, 0.1) is 0 Å². The van der Waals surface area contributed by atoms with Gasteiger partial charge in [-0.1, -0.05) is 100 Å². The SMILES string of the molecule is BrC1=C[C@@H]2[C@H](C[C@@H]1Br)[C@@H]1C=C[C@H]2C1.BrC1=C[C@H]2[C@@H](C[C@H]1Br)[C@H]1C=C[C@@H]2C1. The van der Waals surface area contributed by atoms with Crippen LogP contribution in [0.4, 0.5) is 0 Å². The van der Waals surface area contributed by atoms with Crippen molar-refractivity contribution < 1.29 is 0 Å². The van der Waals surface area contributed by atoms with Crippen LogP contribution in [0.3, 0.4) is 0 Å². The Morgan fingerprint density at radius 1 is 0.577 bits per heavy atom. The van der Waals surface area contributed by atoms with E-state index in [1.54, 1.807) is 0 Å². The number of allylic oxidation sites excluding steroid dienone is 8. The summed E-state index contributed by atoms with van der Waals surface area (Å²) in [6, 6.07) is 0. The van der Waals surface area contributed by atoms with Crippen LogP contribution >= 0.6 is 63.7 Å². The molecular formula is C22H24Br4. The Morgan fingerprint density at radius 3 is 1.38 bits per heavy atom. The molecule has 6 aliphatic rings. The van der Waals surface area contributed by atoms with Gasteiger partial charge in [0.25, 0.3) is 0 Å². The van der Waals surface area contributed by atoms with E-state index in [4.69, 9.17) is 0 Å². The Labute approximate surface area is 190 Å². The zero-order valence-corrected chi connectivity index (χ0v) is 20.9. The van der Waals surface area contributed by atoms with Crippen LogP contribution in [0, 0.1) is 47.3 Å². The predicted octanol–water partition coefficient (Wildman–Crippen LogP) is 7.74. The van der Waals surface area contributed by atoms with Crippen molar-refractivity contribution in [2.75, 3.05) is 0 Å². The first-order valence-corrected chi connectivity index (χ1v) is 13.3. The van der Waals surface area contributed by atoms with Crippen LogP contribution in [0.5, 0.6) is 0 Å². The van der Waals surface area contributed by atoms with Crippen LogP contribution in [0.1, 0.15) is 25.7 Å². The van der Waals surface area contributed by atoms with Gasteiger partial charge >= 0.3 is 0 Å². The molecule has 140 valence electrons. The lowest BCUT2D eigenvalue weighted by molar-refractivity contribution is 0.337. The Balaban J connectivity index is 0.000000115. The smallest absolute Gasteiger partial charge is 0.0461 e. The second kappa shape index (κ2) is 7.29. The molecule has 0 radical (unpaired) electrons. The van der Waals surface area contributed by atoms with Crippen molar-refractivity contribution in [2.24, 2.45) is 47.3 Å². The van der Waals surface area contributed by atoms with Crippen molar-refractivity contribution >= 4 is 63.7 Å². The summed E-state index contributed by atoms with van der Waals surface area (Å²) >= 11 is 14.7. The molecule has 0 unspecified atom stereocenters. The fourth-order valence-corrected chi connectivity index (χ4v) is 8.52. The van der Waals surface area contributed by atoms with Gasteiger partial charge in [0, 0.05) is 18.6 Å². The number of halogens is 4. The van der Waals surface area contributed by atoms with Crippen LogP contribution in [-0.4, -0.2) is 9.65 Å². The van der Waals surface area contributed by atoms with Crippen molar-refractivity contribution in [3.63, 3.8) is 0 Å². The molecule has 0 spiro atoms. The number of alkyl halides is 2. The van der Waals surface area contributed by atoms with Gasteiger partial charge in [0.15, 0.2) is 0 Å². The van der Waals surface area contributed by atoms with Crippen molar-refractivity contribution in [3.8, 4) is 0 Å². The fourth-order valence-electron chi connectivity index (χ4n) is 6.36. The first kappa shape index (κ1) is 18.9. The maximum absolute atomic E-state index is 3.72. The fraction of sp³-hybridized carbons (Fsp3) is 0.636. The topological polar surface area (TPSA) is 0 Å². The quantitative estimate of drug-likeness (QED) is 0.195. The summed E-state index contributed by atoms with van der Waals surface area (Å²) in [5.74, 6) is 6.96. The van der Waals surface area contributed by atoms with Gasteiger partial charge in [-0.05, 0) is 73.0 Å². The molecule has 4 heteroatoms. The third-order valence-corrected chi connectivity index (χ3v) is 12.2. The van der Waals surface area contributed by atoms with E-state index in [1.807, 2.05) is 0 Å². The molecule has 0 aromatic heterocycles. The van der Waals surface area contributed by atoms with Crippen LogP contribution in [-0.2, 0) is 0 Å². The lowest BCUT2D eigenvalue weighted by Gasteiger charge is -2.32. The largest absolute Gasteiger partial charge is 0.0848 e. The summed E-state index contributed by atoms with van der Waals surface area (Å²) < 4.78 is 2.74. The van der Waals surface area contributed by atoms with E-state index < -0.39 is 0 Å². The Kier molecular flexibility index (Phi) is 5.29. The maximum Gasteiger partial charge on any atom is 0.0461 e. The Bertz CT molecular complexity index is 645. The van der Waals surface area contributed by atoms with Gasteiger partial charge in [-0.15, -0.1) is 0 Å². The number of hydrogen-bond acceptors (Lipinski definition) is 0. The molecule has 26 heavy (non-hydrogen) atoms. The molecule has 2 fully saturated rings. The minimum absolute atomic E-state index is 0.571. The predicted molar refractivity (Wildman–Crippen MR) is 124 cm³/mol. The molecule has 10 atom stereocenters. The molecule has 0 aliphatic heterocycles. The standard InChI is InChI=1S/2C11H12Br2/c2*12-10-4-8-6-1-2-7(3-6)9(8)5-11(10)13/h2*1-2,4,6-9,11H,3,5H2/t2*6-,7+,8-,9+,11-/m10/s1. The van der Waals surface area contributed by atoms with E-state index in [-0.39, 0.29) is 0 Å². The average Bonchev–Trinajstić information content (AvgIpc) is 3.38. The van der Waals surface area contributed by atoms with E-state index in [0.29, 0.717) is 9.65 Å². The van der Waals surface area contributed by atoms with E-state index in [9.17, 15) is 0 Å². The van der Waals surface area contributed by atoms with Crippen molar-refractivity contribution in [1.82, 2.24) is 0 Å². The van der Waals surface area contributed by atoms with Crippen LogP contribution in [0.2, 0.25) is 0 Å². The molecular weight excluding hydrogens is 584 g/mol. The summed E-state index contributed by atoms with van der Waals surface area (Å²) in [7, 11) is 0. The monoisotopic (exact) mass is 604 g/mol. The minimum Gasteiger partial charge on any atom is -0.0848 e. The third kappa shape index (κ3) is 3.17. The van der Waals surface area contributed by atoms with Gasteiger partial charge in [0.2, 0.25) is 0 Å². The Morgan fingerprint density at radius 2 is 0.962 bits per heavy atom. The summed E-state index contributed by atoms with van der Waals surface area (Å²) in [5.41, 5.74) is 0. The average molecular weight is 608 g/mol. The minimum atomic E-state index is 0.571. The molecule has 0 aromatic rings. The molecule has 6 aliphatic carbocycles. The normalized spacial score (nSPS) is 52.2. The lowest BCUT2D eigenvalue weighted by Crippen LogP contribution is -2.25. The van der Waals surface area contributed by atoms with Gasteiger partial charge in [0.1, 0.15) is 0 Å².